The minimum absolute atomic E-state index is 0.177. The fourth-order valence-electron chi connectivity index (χ4n) is 1.74. The molecule has 112 valence electrons. The summed E-state index contributed by atoms with van der Waals surface area (Å²) in [4.78, 5) is 21.9. The standard InChI is InChI=1S/C15H10F2N2O3/c16-11-5-3-6-12(17)15(11)18-14(20)9-8-10-4-1-2-7-13(10)19(21)22/h1-9H,(H,18,20)/b9-8+. The predicted octanol–water partition coefficient (Wildman–Crippen LogP) is 3.52. The van der Waals surface area contributed by atoms with E-state index in [0.29, 0.717) is 0 Å². The predicted molar refractivity (Wildman–Crippen MR) is 77.1 cm³/mol. The number of rotatable bonds is 4. The van der Waals surface area contributed by atoms with Crippen LogP contribution in [0.15, 0.2) is 48.5 Å². The molecule has 0 bridgehead atoms. The van der Waals surface area contributed by atoms with Crippen molar-refractivity contribution in [2.24, 2.45) is 0 Å². The first-order chi connectivity index (χ1) is 10.5. The second kappa shape index (κ2) is 6.57. The first-order valence-electron chi connectivity index (χ1n) is 6.15. The second-order valence-electron chi connectivity index (χ2n) is 4.24. The summed E-state index contributed by atoms with van der Waals surface area (Å²) in [5, 5.41) is 12.9. The third kappa shape index (κ3) is 3.51. The van der Waals surface area contributed by atoms with Gasteiger partial charge >= 0.3 is 0 Å². The summed E-state index contributed by atoms with van der Waals surface area (Å²) in [5.41, 5.74) is -0.542. The third-order valence-corrected chi connectivity index (χ3v) is 2.76. The van der Waals surface area contributed by atoms with Crippen LogP contribution < -0.4 is 5.32 Å². The number of halogens is 2. The van der Waals surface area contributed by atoms with Crippen LogP contribution in [0.1, 0.15) is 5.56 Å². The molecular formula is C15H10F2N2O3. The van der Waals surface area contributed by atoms with Gasteiger partial charge in [0.1, 0.15) is 17.3 Å². The first-order valence-corrected chi connectivity index (χ1v) is 6.15. The number of nitrogens with one attached hydrogen (secondary N) is 1. The molecule has 0 unspecified atom stereocenters. The molecule has 7 heteroatoms. The molecule has 1 N–H and O–H groups in total. The van der Waals surface area contributed by atoms with E-state index in [1.807, 2.05) is 0 Å². The Hall–Kier alpha value is -3.09. The molecule has 0 aromatic heterocycles. The highest BCUT2D eigenvalue weighted by atomic mass is 19.1. The summed E-state index contributed by atoms with van der Waals surface area (Å²) in [6.45, 7) is 0. The minimum atomic E-state index is -0.910. The Morgan fingerprint density at radius 3 is 2.36 bits per heavy atom. The lowest BCUT2D eigenvalue weighted by atomic mass is 10.1. The lowest BCUT2D eigenvalue weighted by molar-refractivity contribution is -0.385. The van der Waals surface area contributed by atoms with Gasteiger partial charge in [-0.3, -0.25) is 14.9 Å². The van der Waals surface area contributed by atoms with Crippen LogP contribution in [0.5, 0.6) is 0 Å². The largest absolute Gasteiger partial charge is 0.318 e. The topological polar surface area (TPSA) is 72.2 Å². The van der Waals surface area contributed by atoms with Crippen LogP contribution in [-0.4, -0.2) is 10.8 Å². The van der Waals surface area contributed by atoms with E-state index < -0.39 is 28.2 Å². The van der Waals surface area contributed by atoms with E-state index in [4.69, 9.17) is 0 Å². The average Bonchev–Trinajstić information content (AvgIpc) is 2.49. The van der Waals surface area contributed by atoms with Gasteiger partial charge in [0.05, 0.1) is 10.5 Å². The average molecular weight is 304 g/mol. The van der Waals surface area contributed by atoms with Crippen molar-refractivity contribution in [3.05, 3.63) is 75.9 Å². The molecule has 1 amide bonds. The summed E-state index contributed by atoms with van der Waals surface area (Å²) < 4.78 is 26.8. The molecule has 0 saturated heterocycles. The van der Waals surface area contributed by atoms with E-state index in [9.17, 15) is 23.7 Å². The van der Waals surface area contributed by atoms with Crippen LogP contribution in [0.3, 0.4) is 0 Å². The van der Waals surface area contributed by atoms with Gasteiger partial charge in [0.25, 0.3) is 5.69 Å². The normalized spacial score (nSPS) is 10.6. The number of hydrogen-bond acceptors (Lipinski definition) is 3. The van der Waals surface area contributed by atoms with Gasteiger partial charge in [-0.2, -0.15) is 0 Å². The number of para-hydroxylation sites is 2. The van der Waals surface area contributed by atoms with Crippen molar-refractivity contribution in [2.75, 3.05) is 5.32 Å². The minimum Gasteiger partial charge on any atom is -0.318 e. The third-order valence-electron chi connectivity index (χ3n) is 2.76. The first kappa shape index (κ1) is 15.3. The Morgan fingerprint density at radius 2 is 1.73 bits per heavy atom. The van der Waals surface area contributed by atoms with Gasteiger partial charge in [0.2, 0.25) is 5.91 Å². The lowest BCUT2D eigenvalue weighted by Gasteiger charge is -2.04. The zero-order chi connectivity index (χ0) is 16.1. The Labute approximate surface area is 124 Å². The van der Waals surface area contributed by atoms with Crippen LogP contribution in [0.4, 0.5) is 20.2 Å². The monoisotopic (exact) mass is 304 g/mol. The van der Waals surface area contributed by atoms with Crippen molar-refractivity contribution in [1.29, 1.82) is 0 Å². The molecular weight excluding hydrogens is 294 g/mol. The van der Waals surface area contributed by atoms with Crippen molar-refractivity contribution in [3.63, 3.8) is 0 Å². The van der Waals surface area contributed by atoms with Gasteiger partial charge in [0.15, 0.2) is 0 Å². The Morgan fingerprint density at radius 1 is 1.09 bits per heavy atom. The number of benzene rings is 2. The highest BCUT2D eigenvalue weighted by Crippen LogP contribution is 2.20. The maximum absolute atomic E-state index is 13.4. The van der Waals surface area contributed by atoms with Gasteiger partial charge in [-0.15, -0.1) is 0 Å². The number of nitrogens with zero attached hydrogens (tertiary/aromatic N) is 1. The van der Waals surface area contributed by atoms with Gasteiger partial charge in [-0.25, -0.2) is 8.78 Å². The Bertz CT molecular complexity index is 740. The number of nitro groups is 1. The maximum atomic E-state index is 13.4. The SMILES string of the molecule is O=C(/C=C/c1ccccc1[N+](=O)[O-])Nc1c(F)cccc1F. The van der Waals surface area contributed by atoms with E-state index in [0.717, 1.165) is 18.2 Å². The molecule has 22 heavy (non-hydrogen) atoms. The van der Waals surface area contributed by atoms with Crippen LogP contribution >= 0.6 is 0 Å². The fourth-order valence-corrected chi connectivity index (χ4v) is 1.74. The summed E-state index contributed by atoms with van der Waals surface area (Å²) in [5.74, 6) is -2.62. The summed E-state index contributed by atoms with van der Waals surface area (Å²) >= 11 is 0. The van der Waals surface area contributed by atoms with Crippen LogP contribution in [0, 0.1) is 21.7 Å². The molecule has 2 rings (SSSR count). The van der Waals surface area contributed by atoms with Crippen LogP contribution in [0.2, 0.25) is 0 Å². The Balaban J connectivity index is 2.18. The van der Waals surface area contributed by atoms with Gasteiger partial charge < -0.3 is 5.32 Å². The van der Waals surface area contributed by atoms with E-state index in [1.54, 1.807) is 6.07 Å². The number of carbonyl (C=O) groups is 1. The van der Waals surface area contributed by atoms with E-state index in [2.05, 4.69) is 5.32 Å². The molecule has 0 atom stereocenters. The highest BCUT2D eigenvalue weighted by Gasteiger charge is 2.12. The molecule has 0 aliphatic heterocycles. The van der Waals surface area contributed by atoms with E-state index in [-0.39, 0.29) is 11.3 Å². The molecule has 0 saturated carbocycles. The maximum Gasteiger partial charge on any atom is 0.276 e. The summed E-state index contributed by atoms with van der Waals surface area (Å²) in [6.07, 6.45) is 2.17. The number of anilines is 1. The van der Waals surface area contributed by atoms with Crippen molar-refractivity contribution >= 4 is 23.4 Å². The van der Waals surface area contributed by atoms with Gasteiger partial charge in [-0.05, 0) is 24.3 Å². The highest BCUT2D eigenvalue weighted by molar-refractivity contribution is 6.02. The van der Waals surface area contributed by atoms with E-state index >= 15 is 0 Å². The number of nitro benzene ring substituents is 1. The van der Waals surface area contributed by atoms with Crippen molar-refractivity contribution < 1.29 is 18.5 Å². The number of amides is 1. The van der Waals surface area contributed by atoms with Crippen molar-refractivity contribution in [2.45, 2.75) is 0 Å². The van der Waals surface area contributed by atoms with Crippen molar-refractivity contribution in [3.8, 4) is 0 Å². The van der Waals surface area contributed by atoms with E-state index in [1.165, 1.54) is 30.3 Å². The smallest absolute Gasteiger partial charge is 0.276 e. The second-order valence-corrected chi connectivity index (χ2v) is 4.24. The molecule has 0 fully saturated rings. The van der Waals surface area contributed by atoms with Gasteiger partial charge in [-0.1, -0.05) is 18.2 Å². The molecule has 0 heterocycles. The molecule has 0 aliphatic carbocycles. The molecule has 2 aromatic carbocycles. The molecule has 0 aliphatic rings. The zero-order valence-corrected chi connectivity index (χ0v) is 11.1. The van der Waals surface area contributed by atoms with Crippen molar-refractivity contribution in [1.82, 2.24) is 0 Å². The summed E-state index contributed by atoms with van der Waals surface area (Å²) in [6, 6.07) is 8.98. The lowest BCUT2D eigenvalue weighted by Crippen LogP contribution is -2.11. The van der Waals surface area contributed by atoms with Crippen LogP contribution in [-0.2, 0) is 4.79 Å². The molecule has 0 radical (unpaired) electrons. The quantitative estimate of drug-likeness (QED) is 0.533. The zero-order valence-electron chi connectivity index (χ0n) is 11.1. The number of hydrogen-bond donors (Lipinski definition) is 1. The summed E-state index contributed by atoms with van der Waals surface area (Å²) in [7, 11) is 0. The van der Waals surface area contributed by atoms with Gasteiger partial charge in [0, 0.05) is 12.1 Å². The molecule has 5 nitrogen and oxygen atoms in total. The molecule has 0 spiro atoms. The fraction of sp³-hybridized carbons (Fsp3) is 0. The molecule has 2 aromatic rings. The Kier molecular flexibility index (Phi) is 4.57. The van der Waals surface area contributed by atoms with Crippen LogP contribution in [0.25, 0.3) is 6.08 Å². The number of carbonyl (C=O) groups excluding carboxylic acids is 1.